The predicted octanol–water partition coefficient (Wildman–Crippen LogP) is 3.19. The average Bonchev–Trinajstić information content (AvgIpc) is 2.54. The summed E-state index contributed by atoms with van der Waals surface area (Å²) >= 11 is 0. The Balaban J connectivity index is 2.07. The second kappa shape index (κ2) is 8.67. The van der Waals surface area contributed by atoms with Gasteiger partial charge in [-0.1, -0.05) is 6.07 Å². The fourth-order valence-electron chi connectivity index (χ4n) is 2.80. The first kappa shape index (κ1) is 19.7. The lowest BCUT2D eigenvalue weighted by Gasteiger charge is -2.19. The first-order chi connectivity index (χ1) is 12.3. The van der Waals surface area contributed by atoms with Gasteiger partial charge in [-0.3, -0.25) is 9.88 Å². The fraction of sp³-hybridized carbons (Fsp3) is 0.400. The van der Waals surface area contributed by atoms with Gasteiger partial charge in [0.2, 0.25) is 0 Å². The number of methoxy groups -OCH3 is 1. The van der Waals surface area contributed by atoms with Crippen LogP contribution < -0.4 is 9.47 Å². The number of rotatable bonds is 8. The summed E-state index contributed by atoms with van der Waals surface area (Å²) in [6, 6.07) is 9.68. The monoisotopic (exact) mass is 358 g/mol. The molecule has 6 heteroatoms. The molecule has 26 heavy (non-hydrogen) atoms. The number of hydrogen-bond acceptors (Lipinski definition) is 5. The second-order valence-electron chi connectivity index (χ2n) is 6.53. The zero-order valence-corrected chi connectivity index (χ0v) is 15.9. The summed E-state index contributed by atoms with van der Waals surface area (Å²) in [5.41, 5.74) is 4.30. The van der Waals surface area contributed by atoms with Gasteiger partial charge >= 0.3 is 5.97 Å². The molecule has 1 aromatic heterocycles. The Labute approximate surface area is 154 Å². The van der Waals surface area contributed by atoms with E-state index in [1.807, 2.05) is 26.1 Å². The van der Waals surface area contributed by atoms with Gasteiger partial charge in [0, 0.05) is 18.8 Å². The molecule has 0 aliphatic heterocycles. The fourth-order valence-corrected chi connectivity index (χ4v) is 2.80. The lowest BCUT2D eigenvalue weighted by atomic mass is 10.1. The third-order valence-electron chi connectivity index (χ3n) is 3.91. The maximum absolute atomic E-state index is 11.0. The average molecular weight is 358 g/mol. The van der Waals surface area contributed by atoms with E-state index in [9.17, 15) is 4.79 Å². The lowest BCUT2D eigenvalue weighted by molar-refractivity contribution is -0.144. The van der Waals surface area contributed by atoms with Crippen molar-refractivity contribution >= 4 is 5.97 Å². The quantitative estimate of drug-likeness (QED) is 0.781. The molecule has 0 spiro atoms. The van der Waals surface area contributed by atoms with Crippen LogP contribution in [0.15, 0.2) is 30.3 Å². The largest absolute Gasteiger partial charge is 0.493 e. The molecule has 0 radical (unpaired) electrons. The Morgan fingerprint density at radius 3 is 2.54 bits per heavy atom. The normalized spacial score (nSPS) is 12.1. The van der Waals surface area contributed by atoms with Crippen LogP contribution in [0.2, 0.25) is 0 Å². The van der Waals surface area contributed by atoms with Crippen LogP contribution in [0.1, 0.15) is 29.4 Å². The van der Waals surface area contributed by atoms with Crippen molar-refractivity contribution < 1.29 is 19.4 Å². The highest BCUT2D eigenvalue weighted by atomic mass is 16.5. The number of nitrogens with zero attached hydrogens (tertiary/aromatic N) is 2. The number of aliphatic carboxylic acids is 1. The molecule has 1 heterocycles. The molecule has 0 bridgehead atoms. The van der Waals surface area contributed by atoms with E-state index in [-0.39, 0.29) is 0 Å². The third kappa shape index (κ3) is 5.46. The van der Waals surface area contributed by atoms with Gasteiger partial charge < -0.3 is 14.6 Å². The molecule has 0 aliphatic carbocycles. The molecular formula is C20H26N2O4. The predicted molar refractivity (Wildman–Crippen MR) is 99.6 cm³/mol. The molecule has 0 fully saturated rings. The van der Waals surface area contributed by atoms with Gasteiger partial charge in [0.25, 0.3) is 0 Å². The summed E-state index contributed by atoms with van der Waals surface area (Å²) in [7, 11) is 3.57. The van der Waals surface area contributed by atoms with Crippen molar-refractivity contribution in [2.75, 3.05) is 14.2 Å². The first-order valence-electron chi connectivity index (χ1n) is 8.47. The summed E-state index contributed by atoms with van der Waals surface area (Å²) in [5.74, 6) is -0.0740. The van der Waals surface area contributed by atoms with Crippen LogP contribution in [-0.2, 0) is 17.9 Å². The number of carbonyl (C=O) groups is 1. The number of pyridine rings is 1. The Bertz CT molecular complexity index is 756. The number of carboxylic acid groups (broad SMARTS) is 1. The Kier molecular flexibility index (Phi) is 6.58. The van der Waals surface area contributed by atoms with Crippen molar-refractivity contribution in [3.05, 3.63) is 52.8 Å². The minimum atomic E-state index is -1.02. The van der Waals surface area contributed by atoms with Crippen molar-refractivity contribution in [1.29, 1.82) is 0 Å². The molecule has 0 aliphatic rings. The van der Waals surface area contributed by atoms with Crippen LogP contribution in [0, 0.1) is 13.8 Å². The zero-order valence-electron chi connectivity index (χ0n) is 15.9. The second-order valence-corrected chi connectivity index (χ2v) is 6.53. The van der Waals surface area contributed by atoms with Gasteiger partial charge in [-0.25, -0.2) is 4.79 Å². The molecule has 1 aromatic carbocycles. The minimum absolute atomic E-state index is 0.421. The van der Waals surface area contributed by atoms with Crippen molar-refractivity contribution in [3.63, 3.8) is 0 Å². The van der Waals surface area contributed by atoms with Gasteiger partial charge in [-0.2, -0.15) is 0 Å². The Morgan fingerprint density at radius 2 is 1.92 bits per heavy atom. The molecule has 2 rings (SSSR count). The topological polar surface area (TPSA) is 71.9 Å². The zero-order chi connectivity index (χ0) is 19.3. The van der Waals surface area contributed by atoms with Gasteiger partial charge in [0.05, 0.1) is 12.8 Å². The summed E-state index contributed by atoms with van der Waals surface area (Å²) in [6.07, 6.45) is -0.937. The highest BCUT2D eigenvalue weighted by Gasteiger charge is 2.16. The first-order valence-corrected chi connectivity index (χ1v) is 8.47. The number of aryl methyl sites for hydroxylation is 2. The van der Waals surface area contributed by atoms with E-state index in [0.29, 0.717) is 18.0 Å². The summed E-state index contributed by atoms with van der Waals surface area (Å²) < 4.78 is 10.8. The Morgan fingerprint density at radius 1 is 1.19 bits per heavy atom. The highest BCUT2D eigenvalue weighted by molar-refractivity contribution is 5.72. The standard InChI is InChI=1S/C20H26N2O4/c1-13-8-14(2)21-17(9-13)12-22(4)11-16-6-7-18(19(10-16)25-5)26-15(3)20(23)24/h6-10,15H,11-12H2,1-5H3,(H,23,24)/t15-/m0/s1. The highest BCUT2D eigenvalue weighted by Crippen LogP contribution is 2.29. The lowest BCUT2D eigenvalue weighted by Crippen LogP contribution is -2.23. The molecular weight excluding hydrogens is 332 g/mol. The number of benzene rings is 1. The smallest absolute Gasteiger partial charge is 0.344 e. The van der Waals surface area contributed by atoms with Gasteiger partial charge in [0.15, 0.2) is 17.6 Å². The molecule has 2 aromatic rings. The van der Waals surface area contributed by atoms with Crippen LogP contribution in [0.4, 0.5) is 0 Å². The van der Waals surface area contributed by atoms with Crippen LogP contribution in [-0.4, -0.2) is 41.2 Å². The van der Waals surface area contributed by atoms with Crippen LogP contribution in [0.3, 0.4) is 0 Å². The van der Waals surface area contributed by atoms with E-state index in [2.05, 4.69) is 28.9 Å². The van der Waals surface area contributed by atoms with Crippen LogP contribution >= 0.6 is 0 Å². The van der Waals surface area contributed by atoms with E-state index < -0.39 is 12.1 Å². The number of aromatic nitrogens is 1. The Hall–Kier alpha value is -2.60. The van der Waals surface area contributed by atoms with Gasteiger partial charge in [-0.05, 0) is 63.2 Å². The maximum Gasteiger partial charge on any atom is 0.344 e. The SMILES string of the molecule is COc1cc(CN(C)Cc2cc(C)cc(C)n2)ccc1O[C@@H](C)C(=O)O. The summed E-state index contributed by atoms with van der Waals surface area (Å²) in [6.45, 7) is 7.00. The van der Waals surface area contributed by atoms with Crippen molar-refractivity contribution in [1.82, 2.24) is 9.88 Å². The molecule has 140 valence electrons. The molecule has 6 nitrogen and oxygen atoms in total. The van der Waals surface area contributed by atoms with E-state index >= 15 is 0 Å². The van der Waals surface area contributed by atoms with E-state index in [0.717, 1.165) is 23.5 Å². The summed E-state index contributed by atoms with van der Waals surface area (Å²) in [4.78, 5) is 17.7. The molecule has 0 saturated carbocycles. The number of hydrogen-bond donors (Lipinski definition) is 1. The number of ether oxygens (including phenoxy) is 2. The van der Waals surface area contributed by atoms with Crippen LogP contribution in [0.5, 0.6) is 11.5 Å². The van der Waals surface area contributed by atoms with Crippen molar-refractivity contribution in [2.45, 2.75) is 40.0 Å². The molecule has 1 atom stereocenters. The number of carboxylic acids is 1. The maximum atomic E-state index is 11.0. The van der Waals surface area contributed by atoms with E-state index in [1.54, 1.807) is 13.2 Å². The molecule has 0 amide bonds. The minimum Gasteiger partial charge on any atom is -0.493 e. The van der Waals surface area contributed by atoms with Gasteiger partial charge in [-0.15, -0.1) is 0 Å². The van der Waals surface area contributed by atoms with Crippen molar-refractivity contribution in [3.8, 4) is 11.5 Å². The van der Waals surface area contributed by atoms with E-state index in [1.165, 1.54) is 12.5 Å². The molecule has 0 unspecified atom stereocenters. The van der Waals surface area contributed by atoms with Crippen molar-refractivity contribution in [2.24, 2.45) is 0 Å². The molecule has 1 N–H and O–H groups in total. The third-order valence-corrected chi connectivity index (χ3v) is 3.91. The van der Waals surface area contributed by atoms with Gasteiger partial charge in [0.1, 0.15) is 0 Å². The molecule has 0 saturated heterocycles. The van der Waals surface area contributed by atoms with E-state index in [4.69, 9.17) is 14.6 Å². The van der Waals surface area contributed by atoms with Crippen LogP contribution in [0.25, 0.3) is 0 Å². The summed E-state index contributed by atoms with van der Waals surface area (Å²) in [5, 5.41) is 8.98.